The predicted molar refractivity (Wildman–Crippen MR) is 220 cm³/mol. The van der Waals surface area contributed by atoms with Crippen LogP contribution in [0.3, 0.4) is 0 Å². The summed E-state index contributed by atoms with van der Waals surface area (Å²) in [4.78, 5) is 0. The highest BCUT2D eigenvalue weighted by molar-refractivity contribution is 4.85. The van der Waals surface area contributed by atoms with Gasteiger partial charge in [-0.1, -0.05) is 186 Å². The first-order valence-corrected chi connectivity index (χ1v) is 22.1. The van der Waals surface area contributed by atoms with Gasteiger partial charge in [0, 0.05) is 0 Å². The Bertz CT molecular complexity index is 700. The van der Waals surface area contributed by atoms with Crippen LogP contribution in [0.25, 0.3) is 0 Å². The van der Waals surface area contributed by atoms with Gasteiger partial charge in [0.15, 0.2) is 11.6 Å². The second-order valence-electron chi connectivity index (χ2n) is 18.3. The average molecular weight is 711 g/mol. The zero-order valence-electron chi connectivity index (χ0n) is 37.1. The quantitative estimate of drug-likeness (QED) is 0.191. The maximum Gasteiger partial charge on any atom is 0.163 e. The summed E-state index contributed by atoms with van der Waals surface area (Å²) < 4.78 is 23.1. The summed E-state index contributed by atoms with van der Waals surface area (Å²) in [5, 5.41) is 0. The molecule has 2 heterocycles. The van der Waals surface area contributed by atoms with Crippen LogP contribution >= 0.6 is 0 Å². The highest BCUT2D eigenvalue weighted by Gasteiger charge is 2.43. The Balaban J connectivity index is 0.000000642. The molecule has 2 saturated heterocycles. The maximum atomic E-state index is 5.92. The molecule has 0 bridgehead atoms. The lowest BCUT2D eigenvalue weighted by Gasteiger charge is -2.29. The van der Waals surface area contributed by atoms with Crippen LogP contribution in [0.15, 0.2) is 0 Å². The minimum atomic E-state index is -0.453. The van der Waals surface area contributed by atoms with Crippen molar-refractivity contribution in [3.05, 3.63) is 0 Å². The molecule has 0 aromatic rings. The molecule has 302 valence electrons. The van der Waals surface area contributed by atoms with E-state index in [0.29, 0.717) is 25.0 Å². The van der Waals surface area contributed by atoms with Crippen LogP contribution in [0.1, 0.15) is 214 Å². The number of hydrogen-bond donors (Lipinski definition) is 0. The third kappa shape index (κ3) is 22.8. The second kappa shape index (κ2) is 27.4. The Hall–Kier alpha value is -0.160. The number of unbranched alkanes of at least 4 members (excludes halogenated alkanes) is 2. The molecule has 2 aliphatic carbocycles. The van der Waals surface area contributed by atoms with E-state index < -0.39 is 11.6 Å². The van der Waals surface area contributed by atoms with Crippen LogP contribution in [-0.2, 0) is 18.9 Å². The van der Waals surface area contributed by atoms with Crippen molar-refractivity contribution in [1.82, 2.24) is 0 Å². The topological polar surface area (TPSA) is 36.9 Å². The third-order valence-corrected chi connectivity index (χ3v) is 12.3. The Morgan fingerprint density at radius 1 is 0.480 bits per heavy atom. The van der Waals surface area contributed by atoms with E-state index in [0.717, 1.165) is 35.5 Å². The molecule has 2 aliphatic heterocycles. The van der Waals surface area contributed by atoms with Gasteiger partial charge in [-0.15, -0.1) is 0 Å². The van der Waals surface area contributed by atoms with Crippen molar-refractivity contribution in [2.45, 2.75) is 237 Å². The van der Waals surface area contributed by atoms with E-state index in [1.807, 2.05) is 27.7 Å². The molecule has 0 aromatic heterocycles. The molecule has 50 heavy (non-hydrogen) atoms. The molecule has 4 heteroatoms. The van der Waals surface area contributed by atoms with Gasteiger partial charge in [-0.25, -0.2) is 0 Å². The molecular formula is C46H94O4. The summed E-state index contributed by atoms with van der Waals surface area (Å²) in [6.07, 6.45) is 23.1. The molecule has 6 unspecified atom stereocenters. The molecule has 4 fully saturated rings. The highest BCUT2D eigenvalue weighted by atomic mass is 16.7. The van der Waals surface area contributed by atoms with Gasteiger partial charge in [-0.3, -0.25) is 0 Å². The first-order chi connectivity index (χ1) is 23.4. The SMILES string of the molecule is CC(C(C)[C@H]1COC(C)(C)O1)[C@H]1COC(C)(C)O1.CC1CCC[C@@H]1C.CC1CCC[C@H]1C.CCCCC(C)CCC.CCCCC(C)CCC. The smallest absolute Gasteiger partial charge is 0.163 e. The van der Waals surface area contributed by atoms with Crippen molar-refractivity contribution < 1.29 is 18.9 Å². The number of rotatable bonds is 13. The molecule has 2 saturated carbocycles. The van der Waals surface area contributed by atoms with Crippen LogP contribution in [0.5, 0.6) is 0 Å². The van der Waals surface area contributed by atoms with Crippen molar-refractivity contribution in [3.8, 4) is 0 Å². The maximum absolute atomic E-state index is 5.92. The summed E-state index contributed by atoms with van der Waals surface area (Å²) in [7, 11) is 0. The van der Waals surface area contributed by atoms with Gasteiger partial charge < -0.3 is 18.9 Å². The lowest BCUT2D eigenvalue weighted by Crippen LogP contribution is -2.36. The second-order valence-corrected chi connectivity index (χ2v) is 18.3. The van der Waals surface area contributed by atoms with Gasteiger partial charge in [0.05, 0.1) is 25.4 Å². The molecular weight excluding hydrogens is 617 g/mol. The molecule has 0 radical (unpaired) electrons. The van der Waals surface area contributed by atoms with E-state index in [-0.39, 0.29) is 12.2 Å². The molecule has 0 aromatic carbocycles. The van der Waals surface area contributed by atoms with Crippen LogP contribution in [0.4, 0.5) is 0 Å². The van der Waals surface area contributed by atoms with Crippen LogP contribution in [0, 0.1) is 47.3 Å². The predicted octanol–water partition coefficient (Wildman–Crippen LogP) is 14.7. The van der Waals surface area contributed by atoms with E-state index in [1.54, 1.807) is 0 Å². The largest absolute Gasteiger partial charge is 0.348 e. The van der Waals surface area contributed by atoms with E-state index in [1.165, 1.54) is 103 Å². The summed E-state index contributed by atoms with van der Waals surface area (Å²) in [5.41, 5.74) is 0. The Kier molecular flexibility index (Phi) is 27.3. The molecule has 4 nitrogen and oxygen atoms in total. The van der Waals surface area contributed by atoms with Crippen LogP contribution < -0.4 is 0 Å². The fraction of sp³-hybridized carbons (Fsp3) is 1.00. The van der Waals surface area contributed by atoms with E-state index >= 15 is 0 Å². The Morgan fingerprint density at radius 3 is 0.960 bits per heavy atom. The Morgan fingerprint density at radius 2 is 0.780 bits per heavy atom. The summed E-state index contributed by atoms with van der Waals surface area (Å²) in [5.74, 6) is 5.85. The van der Waals surface area contributed by atoms with Gasteiger partial charge in [-0.05, 0) is 75.0 Å². The third-order valence-electron chi connectivity index (χ3n) is 12.3. The highest BCUT2D eigenvalue weighted by Crippen LogP contribution is 2.36. The molecule has 4 rings (SSSR count). The lowest BCUT2D eigenvalue weighted by molar-refractivity contribution is -0.158. The number of hydrogen-bond acceptors (Lipinski definition) is 4. The van der Waals surface area contributed by atoms with Crippen LogP contribution in [0.2, 0.25) is 0 Å². The average Bonchev–Trinajstić information content (AvgIpc) is 3.84. The first kappa shape index (κ1) is 49.8. The summed E-state index contributed by atoms with van der Waals surface area (Å²) in [6, 6.07) is 0. The zero-order valence-corrected chi connectivity index (χ0v) is 37.1. The van der Waals surface area contributed by atoms with Crippen molar-refractivity contribution in [2.75, 3.05) is 13.2 Å². The monoisotopic (exact) mass is 711 g/mol. The van der Waals surface area contributed by atoms with Gasteiger partial charge in [0.1, 0.15) is 0 Å². The van der Waals surface area contributed by atoms with E-state index in [4.69, 9.17) is 18.9 Å². The van der Waals surface area contributed by atoms with Gasteiger partial charge in [0.25, 0.3) is 0 Å². The lowest BCUT2D eigenvalue weighted by atomic mass is 9.87. The summed E-state index contributed by atoms with van der Waals surface area (Å²) in [6.45, 7) is 36.8. The zero-order chi connectivity index (χ0) is 38.3. The normalized spacial score (nSPS) is 30.2. The van der Waals surface area contributed by atoms with Gasteiger partial charge >= 0.3 is 0 Å². The molecule has 0 amide bonds. The first-order valence-electron chi connectivity index (χ1n) is 22.1. The van der Waals surface area contributed by atoms with Crippen molar-refractivity contribution in [3.63, 3.8) is 0 Å². The minimum absolute atomic E-state index is 0.141. The molecule has 4 aliphatic rings. The van der Waals surface area contributed by atoms with Crippen molar-refractivity contribution in [2.24, 2.45) is 47.3 Å². The fourth-order valence-electron chi connectivity index (χ4n) is 7.67. The van der Waals surface area contributed by atoms with E-state index in [2.05, 4.69) is 83.1 Å². The number of ether oxygens (including phenoxy) is 4. The van der Waals surface area contributed by atoms with Gasteiger partial charge in [0.2, 0.25) is 0 Å². The van der Waals surface area contributed by atoms with Gasteiger partial charge in [-0.2, -0.15) is 0 Å². The molecule has 0 spiro atoms. The Labute approximate surface area is 316 Å². The molecule has 0 N–H and O–H groups in total. The standard InChI is InChI=1S/C14H26O4.2C9H20.2C7H14/c1-9(11-7-15-13(3,4)17-11)10(2)12-8-16-14(5,6)18-12;2*1-4-6-8-9(3)7-5-2;2*1-6-4-3-5-7(6)2/h9-12H,7-8H2,1-6H3;2*9H,4-8H2,1-3H3;2*6-7H,3-5H2,1-2H3/t9?,10?,11-,12-;;;2*6-,7?/m1..10/s1. The fourth-order valence-corrected chi connectivity index (χ4v) is 7.67. The van der Waals surface area contributed by atoms with Crippen LogP contribution in [-0.4, -0.2) is 37.0 Å². The summed E-state index contributed by atoms with van der Waals surface area (Å²) >= 11 is 0. The minimum Gasteiger partial charge on any atom is -0.348 e. The van der Waals surface area contributed by atoms with E-state index in [9.17, 15) is 0 Å². The van der Waals surface area contributed by atoms with Crippen molar-refractivity contribution in [1.29, 1.82) is 0 Å². The van der Waals surface area contributed by atoms with Crippen molar-refractivity contribution >= 4 is 0 Å². The molecule has 10 atom stereocenters.